The van der Waals surface area contributed by atoms with Crippen LogP contribution in [0.3, 0.4) is 0 Å². The number of carbonyl (C=O) groups is 3. The van der Waals surface area contributed by atoms with Gasteiger partial charge in [-0.15, -0.1) is 0 Å². The summed E-state index contributed by atoms with van der Waals surface area (Å²) in [4.78, 5) is 39.0. The third-order valence-corrected chi connectivity index (χ3v) is 6.28. The predicted octanol–water partition coefficient (Wildman–Crippen LogP) is 4.44. The molecule has 7 nitrogen and oxygen atoms in total. The summed E-state index contributed by atoms with van der Waals surface area (Å²) < 4.78 is 6.54. The van der Waals surface area contributed by atoms with Crippen molar-refractivity contribution in [2.45, 2.75) is 19.9 Å². The van der Waals surface area contributed by atoms with Gasteiger partial charge in [-0.3, -0.25) is 14.4 Å². The van der Waals surface area contributed by atoms with E-state index in [1.165, 1.54) is 0 Å². The van der Waals surface area contributed by atoms with E-state index in [-0.39, 0.29) is 30.7 Å². The van der Waals surface area contributed by atoms with E-state index < -0.39 is 5.92 Å². The summed E-state index contributed by atoms with van der Waals surface area (Å²) in [7, 11) is 0. The number of nitrogens with zero attached hydrogens (tertiary/aromatic N) is 1. The lowest BCUT2D eigenvalue weighted by molar-refractivity contribution is -0.126. The van der Waals surface area contributed by atoms with Crippen LogP contribution < -0.4 is 20.3 Å². The molecule has 0 bridgehead atoms. The molecule has 4 rings (SSSR count). The standard InChI is InChI=1S/C27H26BrN3O4/c1-18-13-21(28)7-12-24(18)30-25(32)17-35-23-10-8-22(9-11-23)31-16-20(14-26(31)33)27(34)29-15-19-5-3-2-4-6-19/h2-13,20H,14-17H2,1H3,(H,29,34)(H,30,32)/t20-/m1/s1. The molecule has 1 saturated heterocycles. The fourth-order valence-electron chi connectivity index (χ4n) is 3.89. The Morgan fingerprint density at radius 3 is 2.51 bits per heavy atom. The van der Waals surface area contributed by atoms with Crippen LogP contribution in [0.2, 0.25) is 0 Å². The van der Waals surface area contributed by atoms with E-state index in [1.54, 1.807) is 29.2 Å². The van der Waals surface area contributed by atoms with Crippen molar-refractivity contribution in [3.8, 4) is 5.75 Å². The van der Waals surface area contributed by atoms with E-state index in [0.717, 1.165) is 21.3 Å². The lowest BCUT2D eigenvalue weighted by Crippen LogP contribution is -2.32. The van der Waals surface area contributed by atoms with E-state index in [9.17, 15) is 14.4 Å². The van der Waals surface area contributed by atoms with Crippen molar-refractivity contribution in [1.82, 2.24) is 5.32 Å². The van der Waals surface area contributed by atoms with Crippen LogP contribution in [0, 0.1) is 12.8 Å². The van der Waals surface area contributed by atoms with Crippen LogP contribution in [0.5, 0.6) is 5.75 Å². The van der Waals surface area contributed by atoms with E-state index in [4.69, 9.17) is 4.74 Å². The average molecular weight is 536 g/mol. The minimum Gasteiger partial charge on any atom is -0.484 e. The number of nitrogens with one attached hydrogen (secondary N) is 2. The van der Waals surface area contributed by atoms with Crippen molar-refractivity contribution >= 4 is 45.0 Å². The first-order valence-corrected chi connectivity index (χ1v) is 12.1. The second-order valence-electron chi connectivity index (χ2n) is 8.40. The molecule has 2 N–H and O–H groups in total. The minimum atomic E-state index is -0.395. The molecular formula is C27H26BrN3O4. The molecule has 1 heterocycles. The van der Waals surface area contributed by atoms with Gasteiger partial charge in [0.2, 0.25) is 11.8 Å². The molecular weight excluding hydrogens is 510 g/mol. The largest absolute Gasteiger partial charge is 0.484 e. The van der Waals surface area contributed by atoms with Gasteiger partial charge in [-0.25, -0.2) is 0 Å². The maximum absolute atomic E-state index is 12.6. The molecule has 0 saturated carbocycles. The van der Waals surface area contributed by atoms with Gasteiger partial charge in [0.05, 0.1) is 5.92 Å². The molecule has 1 aliphatic heterocycles. The van der Waals surface area contributed by atoms with Gasteiger partial charge in [-0.2, -0.15) is 0 Å². The lowest BCUT2D eigenvalue weighted by atomic mass is 10.1. The molecule has 8 heteroatoms. The first-order chi connectivity index (χ1) is 16.9. The van der Waals surface area contributed by atoms with E-state index in [2.05, 4.69) is 26.6 Å². The van der Waals surface area contributed by atoms with Crippen LogP contribution in [0.1, 0.15) is 17.5 Å². The summed E-state index contributed by atoms with van der Waals surface area (Å²) in [5, 5.41) is 5.75. The zero-order valence-electron chi connectivity index (χ0n) is 19.3. The van der Waals surface area contributed by atoms with E-state index in [1.807, 2.05) is 55.5 Å². The number of rotatable bonds is 8. The molecule has 3 amide bonds. The second kappa shape index (κ2) is 11.2. The molecule has 0 unspecified atom stereocenters. The first-order valence-electron chi connectivity index (χ1n) is 11.3. The third-order valence-electron chi connectivity index (χ3n) is 5.79. The molecule has 0 aromatic heterocycles. The molecule has 3 aromatic rings. The minimum absolute atomic E-state index is 0.0947. The summed E-state index contributed by atoms with van der Waals surface area (Å²) in [6.45, 7) is 2.54. The Morgan fingerprint density at radius 1 is 1.06 bits per heavy atom. The number of anilines is 2. The zero-order chi connectivity index (χ0) is 24.8. The third kappa shape index (κ3) is 6.48. The van der Waals surface area contributed by atoms with Crippen molar-refractivity contribution in [3.05, 3.63) is 88.4 Å². The zero-order valence-corrected chi connectivity index (χ0v) is 20.9. The Labute approximate surface area is 212 Å². The van der Waals surface area contributed by atoms with Gasteiger partial charge in [0.25, 0.3) is 5.91 Å². The van der Waals surface area contributed by atoms with Crippen LogP contribution in [-0.2, 0) is 20.9 Å². The van der Waals surface area contributed by atoms with Gasteiger partial charge in [-0.05, 0) is 60.5 Å². The second-order valence-corrected chi connectivity index (χ2v) is 9.31. The highest BCUT2D eigenvalue weighted by molar-refractivity contribution is 9.10. The van der Waals surface area contributed by atoms with Gasteiger partial charge in [0, 0.05) is 35.4 Å². The van der Waals surface area contributed by atoms with Crippen molar-refractivity contribution in [2.24, 2.45) is 5.92 Å². The van der Waals surface area contributed by atoms with Gasteiger partial charge in [0.1, 0.15) is 5.75 Å². The molecule has 1 atom stereocenters. The van der Waals surface area contributed by atoms with Crippen LogP contribution in [0.4, 0.5) is 11.4 Å². The van der Waals surface area contributed by atoms with Crippen molar-refractivity contribution < 1.29 is 19.1 Å². The fourth-order valence-corrected chi connectivity index (χ4v) is 4.36. The fraction of sp³-hybridized carbons (Fsp3) is 0.222. The molecule has 35 heavy (non-hydrogen) atoms. The molecule has 0 spiro atoms. The Hall–Kier alpha value is -3.65. The van der Waals surface area contributed by atoms with Gasteiger partial charge in [-0.1, -0.05) is 46.3 Å². The summed E-state index contributed by atoms with van der Waals surface area (Å²) in [6, 6.07) is 22.2. The smallest absolute Gasteiger partial charge is 0.262 e. The highest BCUT2D eigenvalue weighted by Crippen LogP contribution is 2.27. The summed E-state index contributed by atoms with van der Waals surface area (Å²) in [5.74, 6) is -0.369. The summed E-state index contributed by atoms with van der Waals surface area (Å²) in [6.07, 6.45) is 0.175. The quantitative estimate of drug-likeness (QED) is 0.446. The molecule has 0 aliphatic carbocycles. The molecule has 0 radical (unpaired) electrons. The first kappa shape index (κ1) is 24.5. The highest BCUT2D eigenvalue weighted by atomic mass is 79.9. The van der Waals surface area contributed by atoms with Gasteiger partial charge >= 0.3 is 0 Å². The van der Waals surface area contributed by atoms with E-state index in [0.29, 0.717) is 24.5 Å². The molecule has 1 aliphatic rings. The topological polar surface area (TPSA) is 87.7 Å². The van der Waals surface area contributed by atoms with Crippen molar-refractivity contribution in [3.63, 3.8) is 0 Å². The van der Waals surface area contributed by atoms with Crippen LogP contribution in [0.15, 0.2) is 77.3 Å². The van der Waals surface area contributed by atoms with Crippen LogP contribution >= 0.6 is 15.9 Å². The maximum atomic E-state index is 12.6. The SMILES string of the molecule is Cc1cc(Br)ccc1NC(=O)COc1ccc(N2C[C@H](C(=O)NCc3ccccc3)CC2=O)cc1. The maximum Gasteiger partial charge on any atom is 0.262 e. The summed E-state index contributed by atoms with van der Waals surface area (Å²) >= 11 is 3.40. The lowest BCUT2D eigenvalue weighted by Gasteiger charge is -2.17. The Bertz CT molecular complexity index is 1210. The summed E-state index contributed by atoms with van der Waals surface area (Å²) in [5.41, 5.74) is 3.38. The number of hydrogen-bond acceptors (Lipinski definition) is 4. The number of hydrogen-bond donors (Lipinski definition) is 2. The predicted molar refractivity (Wildman–Crippen MR) is 138 cm³/mol. The number of aryl methyl sites for hydroxylation is 1. The highest BCUT2D eigenvalue weighted by Gasteiger charge is 2.35. The number of halogens is 1. The molecule has 180 valence electrons. The van der Waals surface area contributed by atoms with Crippen LogP contribution in [0.25, 0.3) is 0 Å². The van der Waals surface area contributed by atoms with Crippen molar-refractivity contribution in [2.75, 3.05) is 23.4 Å². The monoisotopic (exact) mass is 535 g/mol. The Morgan fingerprint density at radius 2 is 1.80 bits per heavy atom. The Kier molecular flexibility index (Phi) is 7.82. The Balaban J connectivity index is 1.27. The normalized spacial score (nSPS) is 15.1. The van der Waals surface area contributed by atoms with Crippen molar-refractivity contribution in [1.29, 1.82) is 0 Å². The number of carbonyl (C=O) groups excluding carboxylic acids is 3. The van der Waals surface area contributed by atoms with Gasteiger partial charge < -0.3 is 20.3 Å². The number of amides is 3. The van der Waals surface area contributed by atoms with Gasteiger partial charge in [0.15, 0.2) is 6.61 Å². The number of ether oxygens (including phenoxy) is 1. The average Bonchev–Trinajstić information content (AvgIpc) is 3.25. The number of benzene rings is 3. The molecule has 1 fully saturated rings. The van der Waals surface area contributed by atoms with Crippen LogP contribution in [-0.4, -0.2) is 30.9 Å². The van der Waals surface area contributed by atoms with E-state index >= 15 is 0 Å². The molecule has 3 aromatic carbocycles.